The van der Waals surface area contributed by atoms with Gasteiger partial charge in [-0.15, -0.1) is 0 Å². The van der Waals surface area contributed by atoms with Crippen molar-refractivity contribution in [1.82, 2.24) is 9.55 Å². The summed E-state index contributed by atoms with van der Waals surface area (Å²) in [4.78, 5) is 17.3. The lowest BCUT2D eigenvalue weighted by Crippen LogP contribution is -2.16. The van der Waals surface area contributed by atoms with E-state index in [9.17, 15) is 4.79 Å². The molecule has 0 saturated heterocycles. The van der Waals surface area contributed by atoms with E-state index in [-0.39, 0.29) is 5.91 Å². The molecule has 0 aliphatic rings. The molecule has 1 aromatic heterocycles. The Kier molecular flexibility index (Phi) is 5.90. The minimum atomic E-state index is -0.00166. The summed E-state index contributed by atoms with van der Waals surface area (Å²) in [6, 6.07) is 12.3. The summed E-state index contributed by atoms with van der Waals surface area (Å²) in [6.45, 7) is 11.4. The molecule has 0 radical (unpaired) electrons. The van der Waals surface area contributed by atoms with Gasteiger partial charge in [0.2, 0.25) is 5.91 Å². The fourth-order valence-electron chi connectivity index (χ4n) is 3.39. The average molecular weight is 382 g/mol. The third-order valence-electron chi connectivity index (χ3n) is 4.44. The number of aromatic nitrogens is 2. The van der Waals surface area contributed by atoms with Gasteiger partial charge in [0.1, 0.15) is 0 Å². The topological polar surface area (TPSA) is 46.9 Å². The van der Waals surface area contributed by atoms with Crippen LogP contribution in [0.4, 0.5) is 5.69 Å². The molecule has 1 heterocycles. The van der Waals surface area contributed by atoms with Crippen LogP contribution in [0.15, 0.2) is 41.6 Å². The van der Waals surface area contributed by atoms with E-state index < -0.39 is 0 Å². The van der Waals surface area contributed by atoms with Crippen molar-refractivity contribution < 1.29 is 4.79 Å². The number of carbonyl (C=O) groups excluding carboxylic acids is 1. The number of nitrogens with one attached hydrogen (secondary N) is 1. The van der Waals surface area contributed by atoms with Crippen LogP contribution in [0.1, 0.15) is 30.5 Å². The monoisotopic (exact) mass is 381 g/mol. The number of amides is 1. The van der Waals surface area contributed by atoms with Crippen molar-refractivity contribution in [3.63, 3.8) is 0 Å². The maximum Gasteiger partial charge on any atom is 0.234 e. The number of rotatable bonds is 6. The van der Waals surface area contributed by atoms with Crippen LogP contribution in [-0.2, 0) is 11.3 Å². The molecule has 0 aliphatic heterocycles. The highest BCUT2D eigenvalue weighted by Crippen LogP contribution is 2.26. The number of nitrogens with zero attached hydrogens (tertiary/aromatic N) is 2. The molecule has 142 valence electrons. The molecule has 0 spiro atoms. The highest BCUT2D eigenvalue weighted by molar-refractivity contribution is 7.99. The van der Waals surface area contributed by atoms with Crippen LogP contribution in [-0.4, -0.2) is 21.2 Å². The molecule has 1 N–H and O–H groups in total. The minimum Gasteiger partial charge on any atom is -0.325 e. The first-order valence-corrected chi connectivity index (χ1v) is 10.3. The molecule has 0 aliphatic carbocycles. The summed E-state index contributed by atoms with van der Waals surface area (Å²) < 4.78 is 2.22. The van der Waals surface area contributed by atoms with Gasteiger partial charge in [0, 0.05) is 12.2 Å². The fourth-order valence-corrected chi connectivity index (χ4v) is 4.21. The zero-order chi connectivity index (χ0) is 19.6. The summed E-state index contributed by atoms with van der Waals surface area (Å²) in [7, 11) is 0. The van der Waals surface area contributed by atoms with Gasteiger partial charge in [-0.1, -0.05) is 55.4 Å². The fraction of sp³-hybridized carbons (Fsp3) is 0.364. The van der Waals surface area contributed by atoms with Gasteiger partial charge in [-0.2, -0.15) is 0 Å². The van der Waals surface area contributed by atoms with Gasteiger partial charge < -0.3 is 9.88 Å². The van der Waals surface area contributed by atoms with Crippen LogP contribution in [0.5, 0.6) is 0 Å². The highest BCUT2D eigenvalue weighted by atomic mass is 32.2. The predicted octanol–water partition coefficient (Wildman–Crippen LogP) is 5.35. The van der Waals surface area contributed by atoms with E-state index in [0.717, 1.165) is 39.5 Å². The van der Waals surface area contributed by atoms with Gasteiger partial charge in [0.15, 0.2) is 5.16 Å². The van der Waals surface area contributed by atoms with E-state index in [1.807, 2.05) is 32.0 Å². The van der Waals surface area contributed by atoms with Crippen LogP contribution in [0, 0.1) is 26.7 Å². The van der Waals surface area contributed by atoms with Gasteiger partial charge in [-0.25, -0.2) is 4.98 Å². The van der Waals surface area contributed by atoms with E-state index in [1.54, 1.807) is 0 Å². The summed E-state index contributed by atoms with van der Waals surface area (Å²) in [5, 5.41) is 3.97. The predicted molar refractivity (Wildman–Crippen MR) is 115 cm³/mol. The number of para-hydroxylation sites is 2. The first kappa shape index (κ1) is 19.5. The third kappa shape index (κ3) is 4.53. The zero-order valence-corrected chi connectivity index (χ0v) is 17.5. The SMILES string of the molecule is Cc1cc(C)c(NC(=O)CSc2nc3ccccc3n2CC(C)C)c(C)c1. The maximum atomic E-state index is 12.6. The summed E-state index contributed by atoms with van der Waals surface area (Å²) >= 11 is 1.50. The number of fused-ring (bicyclic) bond motifs is 1. The lowest BCUT2D eigenvalue weighted by atomic mass is 10.1. The lowest BCUT2D eigenvalue weighted by molar-refractivity contribution is -0.113. The Balaban J connectivity index is 1.76. The van der Waals surface area contributed by atoms with E-state index in [4.69, 9.17) is 4.98 Å². The van der Waals surface area contributed by atoms with Crippen molar-refractivity contribution in [3.8, 4) is 0 Å². The molecule has 5 heteroatoms. The Morgan fingerprint density at radius 2 is 1.81 bits per heavy atom. The van der Waals surface area contributed by atoms with Crippen LogP contribution < -0.4 is 5.32 Å². The number of aryl methyl sites for hydroxylation is 3. The largest absolute Gasteiger partial charge is 0.325 e. The summed E-state index contributed by atoms with van der Waals surface area (Å²) in [6.07, 6.45) is 0. The molecular weight excluding hydrogens is 354 g/mol. The van der Waals surface area contributed by atoms with Crippen LogP contribution in [0.2, 0.25) is 0 Å². The smallest absolute Gasteiger partial charge is 0.234 e. The number of hydrogen-bond acceptors (Lipinski definition) is 3. The zero-order valence-electron chi connectivity index (χ0n) is 16.7. The third-order valence-corrected chi connectivity index (χ3v) is 5.42. The summed E-state index contributed by atoms with van der Waals surface area (Å²) in [5.41, 5.74) is 6.42. The van der Waals surface area contributed by atoms with Gasteiger partial charge in [-0.3, -0.25) is 4.79 Å². The van der Waals surface area contributed by atoms with Crippen molar-refractivity contribution in [1.29, 1.82) is 0 Å². The van der Waals surface area contributed by atoms with Gasteiger partial charge in [0.05, 0.1) is 16.8 Å². The average Bonchev–Trinajstić information content (AvgIpc) is 2.93. The molecular formula is C22H27N3OS. The quantitative estimate of drug-likeness (QED) is 0.586. The van der Waals surface area contributed by atoms with Crippen molar-refractivity contribution in [2.75, 3.05) is 11.1 Å². The van der Waals surface area contributed by atoms with Crippen LogP contribution in [0.3, 0.4) is 0 Å². The van der Waals surface area contributed by atoms with E-state index in [0.29, 0.717) is 11.7 Å². The number of anilines is 1. The minimum absolute atomic E-state index is 0.00166. The number of thioether (sulfide) groups is 1. The second-order valence-corrected chi connectivity index (χ2v) is 8.44. The molecule has 0 bridgehead atoms. The molecule has 3 aromatic rings. The first-order valence-electron chi connectivity index (χ1n) is 9.31. The molecule has 4 nitrogen and oxygen atoms in total. The first-order chi connectivity index (χ1) is 12.8. The Morgan fingerprint density at radius 1 is 1.15 bits per heavy atom. The number of hydrogen-bond donors (Lipinski definition) is 1. The second kappa shape index (κ2) is 8.17. The lowest BCUT2D eigenvalue weighted by Gasteiger charge is -2.13. The van der Waals surface area contributed by atoms with Crippen molar-refractivity contribution >= 4 is 34.4 Å². The Labute approximate surface area is 165 Å². The van der Waals surface area contributed by atoms with Crippen molar-refractivity contribution in [3.05, 3.63) is 53.1 Å². The molecule has 2 aromatic carbocycles. The van der Waals surface area contributed by atoms with E-state index in [2.05, 4.69) is 48.9 Å². The normalized spacial score (nSPS) is 11.3. The van der Waals surface area contributed by atoms with Crippen molar-refractivity contribution in [2.45, 2.75) is 46.3 Å². The molecule has 3 rings (SSSR count). The van der Waals surface area contributed by atoms with E-state index in [1.165, 1.54) is 17.3 Å². The van der Waals surface area contributed by atoms with Gasteiger partial charge in [-0.05, 0) is 49.9 Å². The molecule has 27 heavy (non-hydrogen) atoms. The van der Waals surface area contributed by atoms with Crippen molar-refractivity contribution in [2.24, 2.45) is 5.92 Å². The van der Waals surface area contributed by atoms with Gasteiger partial charge in [0.25, 0.3) is 0 Å². The Hall–Kier alpha value is -2.27. The highest BCUT2D eigenvalue weighted by Gasteiger charge is 2.15. The molecule has 0 unspecified atom stereocenters. The van der Waals surface area contributed by atoms with Crippen LogP contribution >= 0.6 is 11.8 Å². The molecule has 1 amide bonds. The summed E-state index contributed by atoms with van der Waals surface area (Å²) in [5.74, 6) is 0.848. The molecule has 0 fully saturated rings. The van der Waals surface area contributed by atoms with Crippen LogP contribution in [0.25, 0.3) is 11.0 Å². The molecule has 0 atom stereocenters. The van der Waals surface area contributed by atoms with E-state index >= 15 is 0 Å². The second-order valence-electron chi connectivity index (χ2n) is 7.50. The number of carbonyl (C=O) groups is 1. The van der Waals surface area contributed by atoms with Gasteiger partial charge >= 0.3 is 0 Å². The Morgan fingerprint density at radius 3 is 2.48 bits per heavy atom. The number of imidazole rings is 1. The Bertz CT molecular complexity index is 952. The standard InChI is InChI=1S/C22H27N3OS/c1-14(2)12-25-19-9-7-6-8-18(19)23-22(25)27-13-20(26)24-21-16(4)10-15(3)11-17(21)5/h6-11,14H,12-13H2,1-5H3,(H,24,26). The molecule has 0 saturated carbocycles. The number of benzene rings is 2. The maximum absolute atomic E-state index is 12.6.